The molecule has 19 heavy (non-hydrogen) atoms. The Morgan fingerprint density at radius 1 is 1.32 bits per heavy atom. The minimum atomic E-state index is 0.529. The molecule has 1 fully saturated rings. The largest absolute Gasteiger partial charge is 0.350 e. The SMILES string of the molecule is CSC1CCC(Nc2nc3c(C)cccn3n2)CC1. The van der Waals surface area contributed by atoms with Crippen LogP contribution in [0.2, 0.25) is 0 Å². The summed E-state index contributed by atoms with van der Waals surface area (Å²) >= 11 is 2.00. The number of nitrogens with one attached hydrogen (secondary N) is 1. The van der Waals surface area contributed by atoms with Gasteiger partial charge in [-0.25, -0.2) is 4.52 Å². The maximum absolute atomic E-state index is 4.58. The minimum Gasteiger partial charge on any atom is -0.350 e. The van der Waals surface area contributed by atoms with Crippen LogP contribution in [0, 0.1) is 6.92 Å². The monoisotopic (exact) mass is 276 g/mol. The highest BCUT2D eigenvalue weighted by atomic mass is 32.2. The smallest absolute Gasteiger partial charge is 0.243 e. The van der Waals surface area contributed by atoms with Crippen molar-refractivity contribution in [3.05, 3.63) is 23.9 Å². The van der Waals surface area contributed by atoms with Crippen molar-refractivity contribution in [2.75, 3.05) is 11.6 Å². The topological polar surface area (TPSA) is 42.2 Å². The molecule has 2 aromatic heterocycles. The van der Waals surface area contributed by atoms with E-state index in [1.165, 1.54) is 25.7 Å². The molecule has 0 unspecified atom stereocenters. The molecule has 1 aliphatic carbocycles. The summed E-state index contributed by atoms with van der Waals surface area (Å²) in [5.74, 6) is 0.766. The lowest BCUT2D eigenvalue weighted by molar-refractivity contribution is 0.471. The number of hydrogen-bond acceptors (Lipinski definition) is 4. The molecule has 2 heterocycles. The van der Waals surface area contributed by atoms with Crippen LogP contribution in [0.4, 0.5) is 5.95 Å². The van der Waals surface area contributed by atoms with E-state index in [-0.39, 0.29) is 0 Å². The van der Waals surface area contributed by atoms with Crippen LogP contribution in [0.15, 0.2) is 18.3 Å². The molecule has 0 atom stereocenters. The lowest BCUT2D eigenvalue weighted by Crippen LogP contribution is -2.27. The van der Waals surface area contributed by atoms with Crippen LogP contribution in [0.1, 0.15) is 31.2 Å². The third-order valence-corrected chi connectivity index (χ3v) is 5.04. The maximum Gasteiger partial charge on any atom is 0.243 e. The predicted molar refractivity (Wildman–Crippen MR) is 80.9 cm³/mol. The van der Waals surface area contributed by atoms with Crippen LogP contribution in [-0.2, 0) is 0 Å². The second-order valence-corrected chi connectivity index (χ2v) is 6.39. The lowest BCUT2D eigenvalue weighted by Gasteiger charge is -2.27. The number of fused-ring (bicyclic) bond motifs is 1. The summed E-state index contributed by atoms with van der Waals surface area (Å²) in [5, 5.41) is 8.83. The molecule has 1 N–H and O–H groups in total. The zero-order valence-corrected chi connectivity index (χ0v) is 12.3. The number of rotatable bonds is 3. The average Bonchev–Trinajstić information content (AvgIpc) is 2.84. The highest BCUT2D eigenvalue weighted by Crippen LogP contribution is 2.28. The van der Waals surface area contributed by atoms with Crippen LogP contribution in [0.3, 0.4) is 0 Å². The van der Waals surface area contributed by atoms with Gasteiger partial charge in [-0.15, -0.1) is 5.10 Å². The van der Waals surface area contributed by atoms with Gasteiger partial charge in [-0.3, -0.25) is 0 Å². The summed E-state index contributed by atoms with van der Waals surface area (Å²) in [6.45, 7) is 2.07. The summed E-state index contributed by atoms with van der Waals surface area (Å²) in [7, 11) is 0. The fraction of sp³-hybridized carbons (Fsp3) is 0.571. The van der Waals surface area contributed by atoms with Crippen molar-refractivity contribution in [1.82, 2.24) is 14.6 Å². The van der Waals surface area contributed by atoms with Crippen molar-refractivity contribution in [1.29, 1.82) is 0 Å². The average molecular weight is 276 g/mol. The van der Waals surface area contributed by atoms with Gasteiger partial charge in [0.1, 0.15) is 0 Å². The van der Waals surface area contributed by atoms with Crippen molar-refractivity contribution in [2.24, 2.45) is 0 Å². The molecule has 102 valence electrons. The van der Waals surface area contributed by atoms with E-state index in [4.69, 9.17) is 0 Å². The van der Waals surface area contributed by atoms with Crippen molar-refractivity contribution < 1.29 is 0 Å². The van der Waals surface area contributed by atoms with Crippen molar-refractivity contribution >= 4 is 23.4 Å². The number of pyridine rings is 1. The summed E-state index contributed by atoms with van der Waals surface area (Å²) in [6, 6.07) is 4.60. The van der Waals surface area contributed by atoms with Crippen LogP contribution in [-0.4, -0.2) is 32.1 Å². The van der Waals surface area contributed by atoms with E-state index in [0.29, 0.717) is 6.04 Å². The Bertz CT molecular complexity index is 558. The molecule has 2 aromatic rings. The van der Waals surface area contributed by atoms with Gasteiger partial charge in [0.25, 0.3) is 0 Å². The summed E-state index contributed by atoms with van der Waals surface area (Å²) in [6.07, 6.45) is 9.20. The molecule has 0 radical (unpaired) electrons. The molecule has 4 nitrogen and oxygen atoms in total. The van der Waals surface area contributed by atoms with E-state index in [2.05, 4.69) is 34.6 Å². The summed E-state index contributed by atoms with van der Waals surface area (Å²) in [5.41, 5.74) is 2.11. The standard InChI is InChI=1S/C14H20N4S/c1-10-4-3-9-18-13(10)16-14(17-18)15-11-5-7-12(19-2)8-6-11/h3-4,9,11-12H,5-8H2,1-2H3,(H,15,17). The maximum atomic E-state index is 4.58. The number of nitrogens with zero attached hydrogens (tertiary/aromatic N) is 3. The van der Waals surface area contributed by atoms with Crippen LogP contribution >= 0.6 is 11.8 Å². The molecular formula is C14H20N4S. The zero-order chi connectivity index (χ0) is 13.2. The quantitative estimate of drug-likeness (QED) is 0.935. The Morgan fingerprint density at radius 2 is 2.11 bits per heavy atom. The van der Waals surface area contributed by atoms with E-state index < -0.39 is 0 Å². The van der Waals surface area contributed by atoms with Gasteiger partial charge in [-0.1, -0.05) is 6.07 Å². The van der Waals surface area contributed by atoms with E-state index in [1.807, 2.05) is 28.5 Å². The Labute approximate surface area is 118 Å². The molecule has 1 aliphatic rings. The number of aryl methyl sites for hydroxylation is 1. The first-order valence-electron chi connectivity index (χ1n) is 6.87. The first-order valence-corrected chi connectivity index (χ1v) is 8.16. The summed E-state index contributed by atoms with van der Waals surface area (Å²) in [4.78, 5) is 4.58. The van der Waals surface area contributed by atoms with Gasteiger partial charge < -0.3 is 5.32 Å². The van der Waals surface area contributed by atoms with Gasteiger partial charge in [-0.05, 0) is 50.5 Å². The number of thioether (sulfide) groups is 1. The number of anilines is 1. The molecule has 1 saturated carbocycles. The first kappa shape index (κ1) is 12.8. The van der Waals surface area contributed by atoms with Gasteiger partial charge >= 0.3 is 0 Å². The summed E-state index contributed by atoms with van der Waals surface area (Å²) < 4.78 is 1.85. The Balaban J connectivity index is 1.70. The molecule has 0 saturated heterocycles. The normalized spacial score (nSPS) is 23.7. The van der Waals surface area contributed by atoms with Crippen LogP contribution < -0.4 is 5.32 Å². The third-order valence-electron chi connectivity index (χ3n) is 3.90. The van der Waals surface area contributed by atoms with Crippen molar-refractivity contribution in [3.63, 3.8) is 0 Å². The lowest BCUT2D eigenvalue weighted by atomic mass is 9.95. The molecule has 0 spiro atoms. The number of hydrogen-bond donors (Lipinski definition) is 1. The van der Waals surface area contributed by atoms with E-state index in [9.17, 15) is 0 Å². The fourth-order valence-electron chi connectivity index (χ4n) is 2.73. The van der Waals surface area contributed by atoms with Crippen LogP contribution in [0.25, 0.3) is 5.65 Å². The van der Waals surface area contributed by atoms with Gasteiger partial charge in [0.2, 0.25) is 5.95 Å². The second kappa shape index (κ2) is 5.41. The molecule has 0 aliphatic heterocycles. The molecule has 5 heteroatoms. The highest BCUT2D eigenvalue weighted by molar-refractivity contribution is 7.99. The first-order chi connectivity index (χ1) is 9.26. The third kappa shape index (κ3) is 2.71. The zero-order valence-electron chi connectivity index (χ0n) is 11.5. The molecule has 3 rings (SSSR count). The Morgan fingerprint density at radius 3 is 2.79 bits per heavy atom. The van der Waals surface area contributed by atoms with E-state index in [0.717, 1.165) is 22.4 Å². The predicted octanol–water partition coefficient (Wildman–Crippen LogP) is 3.12. The fourth-order valence-corrected chi connectivity index (χ4v) is 3.47. The van der Waals surface area contributed by atoms with Gasteiger partial charge in [0, 0.05) is 17.5 Å². The van der Waals surface area contributed by atoms with Crippen molar-refractivity contribution in [3.8, 4) is 0 Å². The van der Waals surface area contributed by atoms with E-state index >= 15 is 0 Å². The molecule has 0 bridgehead atoms. The van der Waals surface area contributed by atoms with Gasteiger partial charge in [0.05, 0.1) is 0 Å². The van der Waals surface area contributed by atoms with E-state index in [1.54, 1.807) is 0 Å². The second-order valence-electron chi connectivity index (χ2n) is 5.25. The minimum absolute atomic E-state index is 0.529. The molecule has 0 aromatic carbocycles. The van der Waals surface area contributed by atoms with Crippen LogP contribution in [0.5, 0.6) is 0 Å². The Kier molecular flexibility index (Phi) is 3.64. The molecule has 0 amide bonds. The Hall–Kier alpha value is -1.23. The van der Waals surface area contributed by atoms with Crippen molar-refractivity contribution in [2.45, 2.75) is 43.9 Å². The molecular weight excluding hydrogens is 256 g/mol. The highest BCUT2D eigenvalue weighted by Gasteiger charge is 2.21. The van der Waals surface area contributed by atoms with Gasteiger partial charge in [-0.2, -0.15) is 16.7 Å². The number of aromatic nitrogens is 3. The van der Waals surface area contributed by atoms with Gasteiger partial charge in [0.15, 0.2) is 5.65 Å².